The number of sulfonamides is 1. The topological polar surface area (TPSA) is 87.7 Å². The Morgan fingerprint density at radius 1 is 1.16 bits per heavy atom. The third kappa shape index (κ3) is 5.71. The van der Waals surface area contributed by atoms with Crippen molar-refractivity contribution in [3.05, 3.63) is 52.5 Å². The quantitative estimate of drug-likeness (QED) is 0.643. The molecule has 1 saturated heterocycles. The molecule has 174 valence electrons. The van der Waals surface area contributed by atoms with Gasteiger partial charge in [0.1, 0.15) is 0 Å². The number of carbonyl (C=O) groups excluding carboxylic acids is 1. The molecule has 1 aliphatic heterocycles. The van der Waals surface area contributed by atoms with Crippen molar-refractivity contribution in [1.82, 2.24) is 4.31 Å². The van der Waals surface area contributed by atoms with Crippen molar-refractivity contribution >= 4 is 38.9 Å². The highest BCUT2D eigenvalue weighted by Crippen LogP contribution is 2.36. The third-order valence-corrected chi connectivity index (χ3v) is 7.07. The Balaban J connectivity index is 1.72. The Labute approximate surface area is 188 Å². The molecule has 7 nitrogen and oxygen atoms in total. The second kappa shape index (κ2) is 9.65. The van der Waals surface area contributed by atoms with Gasteiger partial charge < -0.3 is 15.4 Å². The fourth-order valence-corrected chi connectivity index (χ4v) is 4.98. The summed E-state index contributed by atoms with van der Waals surface area (Å²) in [6.07, 6.45) is -4.69. The lowest BCUT2D eigenvalue weighted by atomic mass is 10.1. The zero-order valence-electron chi connectivity index (χ0n) is 17.0. The Kier molecular flexibility index (Phi) is 7.33. The molecular formula is C20H21ClF3N3O4S. The van der Waals surface area contributed by atoms with Gasteiger partial charge >= 0.3 is 6.18 Å². The molecule has 0 aliphatic carbocycles. The van der Waals surface area contributed by atoms with Crippen LogP contribution < -0.4 is 10.6 Å². The van der Waals surface area contributed by atoms with E-state index in [2.05, 4.69) is 10.6 Å². The lowest BCUT2D eigenvalue weighted by Gasteiger charge is -2.27. The van der Waals surface area contributed by atoms with E-state index in [9.17, 15) is 26.4 Å². The summed E-state index contributed by atoms with van der Waals surface area (Å²) in [6, 6.07) is 7.62. The van der Waals surface area contributed by atoms with Gasteiger partial charge in [-0.05, 0) is 42.8 Å². The van der Waals surface area contributed by atoms with E-state index in [1.54, 1.807) is 19.1 Å². The SMILES string of the molecule is Cc1ccc(NCC(=O)Nc2ccc(Cl)cc2C(F)(F)F)cc1S(=O)(=O)N1CCOCC1. The molecule has 1 fully saturated rings. The van der Waals surface area contributed by atoms with Crippen LogP contribution in [0.4, 0.5) is 24.5 Å². The summed E-state index contributed by atoms with van der Waals surface area (Å²) in [6.45, 7) is 2.37. The van der Waals surface area contributed by atoms with E-state index in [-0.39, 0.29) is 29.6 Å². The van der Waals surface area contributed by atoms with Crippen LogP contribution in [0.25, 0.3) is 0 Å². The smallest absolute Gasteiger partial charge is 0.379 e. The summed E-state index contributed by atoms with van der Waals surface area (Å²) in [5, 5.41) is 4.84. The molecule has 0 atom stereocenters. The molecule has 2 N–H and O–H groups in total. The highest BCUT2D eigenvalue weighted by molar-refractivity contribution is 7.89. The molecule has 1 amide bonds. The van der Waals surface area contributed by atoms with Crippen LogP contribution in [0.2, 0.25) is 5.02 Å². The van der Waals surface area contributed by atoms with Gasteiger partial charge in [0.05, 0.1) is 35.9 Å². The maximum atomic E-state index is 13.2. The molecule has 0 radical (unpaired) electrons. The molecule has 0 unspecified atom stereocenters. The molecule has 1 heterocycles. The number of aryl methyl sites for hydroxylation is 1. The van der Waals surface area contributed by atoms with Crippen LogP contribution in [0.3, 0.4) is 0 Å². The van der Waals surface area contributed by atoms with Gasteiger partial charge in [0.15, 0.2) is 0 Å². The van der Waals surface area contributed by atoms with E-state index in [4.69, 9.17) is 16.3 Å². The van der Waals surface area contributed by atoms with Crippen molar-refractivity contribution in [2.45, 2.75) is 18.0 Å². The average molecular weight is 492 g/mol. The second-order valence-electron chi connectivity index (χ2n) is 7.09. The van der Waals surface area contributed by atoms with E-state index in [1.165, 1.54) is 16.4 Å². The number of nitrogens with zero attached hydrogens (tertiary/aromatic N) is 1. The number of hydrogen-bond donors (Lipinski definition) is 2. The number of benzene rings is 2. The summed E-state index contributed by atoms with van der Waals surface area (Å²) in [4.78, 5) is 12.3. The second-order valence-corrected chi connectivity index (χ2v) is 9.43. The van der Waals surface area contributed by atoms with Crippen LogP contribution in [0, 0.1) is 6.92 Å². The molecular weight excluding hydrogens is 471 g/mol. The summed E-state index contributed by atoms with van der Waals surface area (Å²) < 4.78 is 72.0. The minimum Gasteiger partial charge on any atom is -0.379 e. The summed E-state index contributed by atoms with van der Waals surface area (Å²) in [5.41, 5.74) is -0.618. The zero-order chi connectivity index (χ0) is 23.5. The van der Waals surface area contributed by atoms with Crippen molar-refractivity contribution < 1.29 is 31.1 Å². The highest BCUT2D eigenvalue weighted by atomic mass is 35.5. The summed E-state index contributed by atoms with van der Waals surface area (Å²) in [5.74, 6) is -0.740. The molecule has 1 aliphatic rings. The molecule has 0 saturated carbocycles. The number of ether oxygens (including phenoxy) is 1. The minimum atomic E-state index is -4.69. The van der Waals surface area contributed by atoms with Crippen molar-refractivity contribution in [2.75, 3.05) is 43.5 Å². The summed E-state index contributed by atoms with van der Waals surface area (Å²) in [7, 11) is -3.75. The number of alkyl halides is 3. The molecule has 32 heavy (non-hydrogen) atoms. The first-order valence-electron chi connectivity index (χ1n) is 9.57. The van der Waals surface area contributed by atoms with E-state index >= 15 is 0 Å². The van der Waals surface area contributed by atoms with Crippen LogP contribution in [-0.2, 0) is 25.7 Å². The molecule has 0 aromatic heterocycles. The van der Waals surface area contributed by atoms with Gasteiger partial charge in [-0.2, -0.15) is 17.5 Å². The number of rotatable bonds is 6. The molecule has 12 heteroatoms. The average Bonchev–Trinajstić information content (AvgIpc) is 2.74. The van der Waals surface area contributed by atoms with Crippen molar-refractivity contribution in [3.63, 3.8) is 0 Å². The van der Waals surface area contributed by atoms with Crippen LogP contribution in [0.15, 0.2) is 41.3 Å². The first kappa shape index (κ1) is 24.3. The third-order valence-electron chi connectivity index (χ3n) is 4.79. The maximum Gasteiger partial charge on any atom is 0.418 e. The molecule has 2 aromatic rings. The lowest BCUT2D eigenvalue weighted by Crippen LogP contribution is -2.40. The van der Waals surface area contributed by atoms with Gasteiger partial charge in [-0.15, -0.1) is 0 Å². The number of nitrogens with one attached hydrogen (secondary N) is 2. The summed E-state index contributed by atoms with van der Waals surface area (Å²) >= 11 is 5.64. The van der Waals surface area contributed by atoms with E-state index in [0.29, 0.717) is 24.5 Å². The Morgan fingerprint density at radius 2 is 1.84 bits per heavy atom. The Morgan fingerprint density at radius 3 is 2.50 bits per heavy atom. The van der Waals surface area contributed by atoms with Gasteiger partial charge in [-0.25, -0.2) is 8.42 Å². The molecule has 0 spiro atoms. The largest absolute Gasteiger partial charge is 0.418 e. The van der Waals surface area contributed by atoms with Gasteiger partial charge in [-0.1, -0.05) is 17.7 Å². The zero-order valence-corrected chi connectivity index (χ0v) is 18.6. The Bertz CT molecular complexity index is 1100. The Hall–Kier alpha value is -2.34. The predicted octanol–water partition coefficient (Wildman–Crippen LogP) is 3.74. The van der Waals surface area contributed by atoms with Gasteiger partial charge in [0, 0.05) is 23.8 Å². The highest BCUT2D eigenvalue weighted by Gasteiger charge is 2.34. The predicted molar refractivity (Wildman–Crippen MR) is 114 cm³/mol. The van der Waals surface area contributed by atoms with Crippen molar-refractivity contribution in [3.8, 4) is 0 Å². The van der Waals surface area contributed by atoms with Gasteiger partial charge in [-0.3, -0.25) is 4.79 Å². The molecule has 3 rings (SSSR count). The number of halogens is 4. The van der Waals surface area contributed by atoms with Crippen LogP contribution >= 0.6 is 11.6 Å². The number of carbonyl (C=O) groups is 1. The monoisotopic (exact) mass is 491 g/mol. The number of anilines is 2. The van der Waals surface area contributed by atoms with Crippen LogP contribution in [-0.4, -0.2) is 51.5 Å². The molecule has 2 aromatic carbocycles. The van der Waals surface area contributed by atoms with Crippen LogP contribution in [0.5, 0.6) is 0 Å². The standard InChI is InChI=1S/C20H21ClF3N3O4S/c1-13-2-4-15(11-18(13)32(29,30)27-6-8-31-9-7-27)25-12-19(28)26-17-5-3-14(21)10-16(17)20(22,23)24/h2-5,10-11,25H,6-9,12H2,1H3,(H,26,28). The van der Waals surface area contributed by atoms with Crippen LogP contribution in [0.1, 0.15) is 11.1 Å². The fourth-order valence-electron chi connectivity index (χ4n) is 3.15. The number of hydrogen-bond acceptors (Lipinski definition) is 5. The first-order valence-corrected chi connectivity index (χ1v) is 11.4. The van der Waals surface area contributed by atoms with Crippen molar-refractivity contribution in [2.24, 2.45) is 0 Å². The van der Waals surface area contributed by atoms with E-state index < -0.39 is 33.4 Å². The van der Waals surface area contributed by atoms with Gasteiger partial charge in [0.25, 0.3) is 0 Å². The van der Waals surface area contributed by atoms with E-state index in [1.807, 2.05) is 0 Å². The first-order chi connectivity index (χ1) is 15.0. The van der Waals surface area contributed by atoms with Gasteiger partial charge in [0.2, 0.25) is 15.9 Å². The number of amides is 1. The lowest BCUT2D eigenvalue weighted by molar-refractivity contribution is -0.137. The number of morpholine rings is 1. The maximum absolute atomic E-state index is 13.2. The van der Waals surface area contributed by atoms with E-state index in [0.717, 1.165) is 12.1 Å². The fraction of sp³-hybridized carbons (Fsp3) is 0.350. The molecule has 0 bridgehead atoms. The normalized spacial score (nSPS) is 15.4. The van der Waals surface area contributed by atoms with Crippen molar-refractivity contribution in [1.29, 1.82) is 0 Å². The minimum absolute atomic E-state index is 0.0851.